The quantitative estimate of drug-likeness (QED) is 0.807. The van der Waals surface area contributed by atoms with Gasteiger partial charge in [0.05, 0.1) is 6.54 Å². The highest BCUT2D eigenvalue weighted by atomic mass is 35.5. The van der Waals surface area contributed by atoms with E-state index in [1.54, 1.807) is 7.05 Å². The van der Waals surface area contributed by atoms with Crippen LogP contribution >= 0.6 is 23.7 Å². The molecule has 0 saturated heterocycles. The number of carbonyl (C=O) groups is 1. The Hall–Kier alpha value is -0.720. The van der Waals surface area contributed by atoms with Crippen LogP contribution < -0.4 is 10.6 Å². The van der Waals surface area contributed by atoms with Crippen molar-refractivity contribution < 1.29 is 4.79 Å². The van der Waals surface area contributed by atoms with E-state index in [0.717, 1.165) is 11.4 Å². The molecule has 0 fully saturated rings. The van der Waals surface area contributed by atoms with Crippen LogP contribution in [0.1, 0.15) is 11.9 Å². The first kappa shape index (κ1) is 13.3. The lowest BCUT2D eigenvalue weighted by Gasteiger charge is -1.97. The summed E-state index contributed by atoms with van der Waals surface area (Å²) in [5, 5.41) is 14.6. The van der Waals surface area contributed by atoms with E-state index >= 15 is 0 Å². The highest BCUT2D eigenvalue weighted by molar-refractivity contribution is 7.15. The van der Waals surface area contributed by atoms with Gasteiger partial charge in [-0.05, 0) is 13.5 Å². The van der Waals surface area contributed by atoms with Gasteiger partial charge in [-0.1, -0.05) is 18.3 Å². The fourth-order valence-electron chi connectivity index (χ4n) is 0.771. The predicted octanol–water partition coefficient (Wildman–Crippen LogP) is 0.680. The molecule has 0 saturated carbocycles. The van der Waals surface area contributed by atoms with Crippen LogP contribution in [0.5, 0.6) is 0 Å². The number of rotatable bonds is 4. The number of amides is 1. The number of nitrogens with zero attached hydrogens (tertiary/aromatic N) is 2. The fraction of sp³-hybridized carbons (Fsp3) is 0.571. The van der Waals surface area contributed by atoms with E-state index in [4.69, 9.17) is 0 Å². The SMILES string of the molecule is CCc1nnc(NC(=O)CNC)s1.Cl. The monoisotopic (exact) mass is 236 g/mol. The Morgan fingerprint density at radius 1 is 1.50 bits per heavy atom. The number of aryl methyl sites for hydroxylation is 1. The average Bonchev–Trinajstić information content (AvgIpc) is 2.52. The molecule has 0 unspecified atom stereocenters. The predicted molar refractivity (Wildman–Crippen MR) is 59.1 cm³/mol. The number of halogens is 1. The smallest absolute Gasteiger partial charge is 0.240 e. The minimum atomic E-state index is -0.0960. The zero-order chi connectivity index (χ0) is 9.68. The molecule has 1 amide bonds. The third-order valence-electron chi connectivity index (χ3n) is 1.35. The molecule has 0 aliphatic carbocycles. The van der Waals surface area contributed by atoms with Crippen molar-refractivity contribution in [1.29, 1.82) is 0 Å². The molecule has 0 aliphatic rings. The van der Waals surface area contributed by atoms with Crippen LogP contribution in [0.2, 0.25) is 0 Å². The average molecular weight is 237 g/mol. The second-order valence-electron chi connectivity index (χ2n) is 2.43. The van der Waals surface area contributed by atoms with Gasteiger partial charge in [-0.3, -0.25) is 10.1 Å². The topological polar surface area (TPSA) is 66.9 Å². The van der Waals surface area contributed by atoms with Crippen molar-refractivity contribution in [3.63, 3.8) is 0 Å². The maximum atomic E-state index is 11.1. The Balaban J connectivity index is 0.00000169. The van der Waals surface area contributed by atoms with Crippen LogP contribution in [0.25, 0.3) is 0 Å². The normalized spacial score (nSPS) is 9.29. The van der Waals surface area contributed by atoms with Gasteiger partial charge in [0.25, 0.3) is 0 Å². The molecule has 1 heterocycles. The van der Waals surface area contributed by atoms with Crippen molar-refractivity contribution in [2.75, 3.05) is 18.9 Å². The van der Waals surface area contributed by atoms with E-state index in [-0.39, 0.29) is 18.3 Å². The zero-order valence-corrected chi connectivity index (χ0v) is 9.67. The first-order chi connectivity index (χ1) is 6.26. The molecule has 0 atom stereocenters. The first-order valence-corrected chi connectivity index (χ1v) is 4.84. The molecular formula is C7H13ClN4OS. The Morgan fingerprint density at radius 2 is 2.21 bits per heavy atom. The molecule has 80 valence electrons. The van der Waals surface area contributed by atoms with Crippen LogP contribution in [0.15, 0.2) is 0 Å². The summed E-state index contributed by atoms with van der Waals surface area (Å²) in [7, 11) is 1.72. The van der Waals surface area contributed by atoms with Crippen molar-refractivity contribution in [2.45, 2.75) is 13.3 Å². The molecule has 0 spiro atoms. The van der Waals surface area contributed by atoms with Gasteiger partial charge in [-0.25, -0.2) is 0 Å². The number of aromatic nitrogens is 2. The van der Waals surface area contributed by atoms with Crippen molar-refractivity contribution in [3.05, 3.63) is 5.01 Å². The van der Waals surface area contributed by atoms with Gasteiger partial charge in [-0.2, -0.15) is 0 Å². The van der Waals surface area contributed by atoms with Gasteiger partial charge >= 0.3 is 0 Å². The number of hydrogen-bond donors (Lipinski definition) is 2. The standard InChI is InChI=1S/C7H12N4OS.ClH/c1-3-6-10-11-7(13-6)9-5(12)4-8-2;/h8H,3-4H2,1-2H3,(H,9,11,12);1H. The zero-order valence-electron chi connectivity index (χ0n) is 8.03. The van der Waals surface area contributed by atoms with Crippen LogP contribution in [0.3, 0.4) is 0 Å². The molecule has 0 bridgehead atoms. The number of likely N-dealkylation sites (N-methyl/N-ethyl adjacent to an activating group) is 1. The molecule has 7 heteroatoms. The van der Waals surface area contributed by atoms with E-state index in [2.05, 4.69) is 20.8 Å². The van der Waals surface area contributed by atoms with Gasteiger partial charge in [0.15, 0.2) is 0 Å². The second-order valence-corrected chi connectivity index (χ2v) is 3.50. The number of nitrogens with one attached hydrogen (secondary N) is 2. The molecule has 0 radical (unpaired) electrons. The minimum Gasteiger partial charge on any atom is -0.311 e. The highest BCUT2D eigenvalue weighted by Crippen LogP contribution is 2.14. The summed E-state index contributed by atoms with van der Waals surface area (Å²) >= 11 is 1.41. The molecule has 0 aliphatic heterocycles. The molecule has 1 aromatic heterocycles. The second kappa shape index (κ2) is 6.69. The third-order valence-corrected chi connectivity index (χ3v) is 2.34. The highest BCUT2D eigenvalue weighted by Gasteiger charge is 2.05. The van der Waals surface area contributed by atoms with Crippen LogP contribution in [0, 0.1) is 0 Å². The summed E-state index contributed by atoms with van der Waals surface area (Å²) < 4.78 is 0. The van der Waals surface area contributed by atoms with E-state index in [0.29, 0.717) is 11.7 Å². The Morgan fingerprint density at radius 3 is 2.71 bits per heavy atom. The lowest BCUT2D eigenvalue weighted by atomic mass is 10.5. The van der Waals surface area contributed by atoms with Gasteiger partial charge in [0.2, 0.25) is 11.0 Å². The molecule has 2 N–H and O–H groups in total. The summed E-state index contributed by atoms with van der Waals surface area (Å²) in [6, 6.07) is 0. The molecular weight excluding hydrogens is 224 g/mol. The van der Waals surface area contributed by atoms with E-state index in [1.807, 2.05) is 6.92 Å². The molecule has 1 aromatic rings. The fourth-order valence-corrected chi connectivity index (χ4v) is 1.47. The van der Waals surface area contributed by atoms with E-state index < -0.39 is 0 Å². The van der Waals surface area contributed by atoms with Crippen molar-refractivity contribution >= 4 is 34.8 Å². The Labute approximate surface area is 92.7 Å². The summed E-state index contributed by atoms with van der Waals surface area (Å²) in [6.45, 7) is 2.29. The maximum Gasteiger partial charge on any atom is 0.240 e. The third kappa shape index (κ3) is 3.99. The van der Waals surface area contributed by atoms with Gasteiger partial charge in [-0.15, -0.1) is 22.6 Å². The lowest BCUT2D eigenvalue weighted by Crippen LogP contribution is -2.24. The van der Waals surface area contributed by atoms with Gasteiger partial charge in [0, 0.05) is 0 Å². The molecule has 0 aromatic carbocycles. The molecule has 14 heavy (non-hydrogen) atoms. The number of carbonyl (C=O) groups excluding carboxylic acids is 1. The summed E-state index contributed by atoms with van der Waals surface area (Å²) in [5.74, 6) is -0.0960. The van der Waals surface area contributed by atoms with Gasteiger partial charge in [0.1, 0.15) is 5.01 Å². The summed E-state index contributed by atoms with van der Waals surface area (Å²) in [6.07, 6.45) is 0.847. The van der Waals surface area contributed by atoms with Crippen molar-refractivity contribution in [3.8, 4) is 0 Å². The van der Waals surface area contributed by atoms with Crippen LogP contribution in [-0.2, 0) is 11.2 Å². The number of hydrogen-bond acceptors (Lipinski definition) is 5. The lowest BCUT2D eigenvalue weighted by molar-refractivity contribution is -0.115. The van der Waals surface area contributed by atoms with E-state index in [1.165, 1.54) is 11.3 Å². The van der Waals surface area contributed by atoms with Crippen LogP contribution in [-0.4, -0.2) is 29.7 Å². The summed E-state index contributed by atoms with van der Waals surface area (Å²) in [5.41, 5.74) is 0. The number of anilines is 1. The Bertz CT molecular complexity index is 291. The largest absolute Gasteiger partial charge is 0.311 e. The first-order valence-electron chi connectivity index (χ1n) is 4.03. The van der Waals surface area contributed by atoms with E-state index in [9.17, 15) is 4.79 Å². The van der Waals surface area contributed by atoms with Gasteiger partial charge < -0.3 is 5.32 Å². The molecule has 5 nitrogen and oxygen atoms in total. The molecule has 1 rings (SSSR count). The summed E-state index contributed by atoms with van der Waals surface area (Å²) in [4.78, 5) is 11.1. The van der Waals surface area contributed by atoms with Crippen molar-refractivity contribution in [2.24, 2.45) is 0 Å². The maximum absolute atomic E-state index is 11.1. The van der Waals surface area contributed by atoms with Crippen molar-refractivity contribution in [1.82, 2.24) is 15.5 Å². The minimum absolute atomic E-state index is 0. The van der Waals surface area contributed by atoms with Crippen LogP contribution in [0.4, 0.5) is 5.13 Å². The Kier molecular flexibility index (Phi) is 6.35.